The monoisotopic (exact) mass is 235 g/mol. The number of ether oxygens (including phenoxy) is 1. The van der Waals surface area contributed by atoms with Crippen molar-refractivity contribution in [3.05, 3.63) is 35.4 Å². The van der Waals surface area contributed by atoms with Gasteiger partial charge in [-0.2, -0.15) is 0 Å². The fraction of sp³-hybridized carbons (Fsp3) is 0.500. The second-order valence-electron chi connectivity index (χ2n) is 4.75. The van der Waals surface area contributed by atoms with Gasteiger partial charge in [0.05, 0.1) is 7.11 Å². The highest BCUT2D eigenvalue weighted by Crippen LogP contribution is 2.11. The van der Waals surface area contributed by atoms with Gasteiger partial charge in [-0.15, -0.1) is 0 Å². The van der Waals surface area contributed by atoms with Crippen LogP contribution in [0, 0.1) is 5.92 Å². The van der Waals surface area contributed by atoms with E-state index in [1.165, 1.54) is 12.7 Å². The average molecular weight is 235 g/mol. The molecule has 1 aromatic carbocycles. The van der Waals surface area contributed by atoms with Crippen molar-refractivity contribution >= 4 is 5.97 Å². The summed E-state index contributed by atoms with van der Waals surface area (Å²) in [7, 11) is 1.36. The lowest BCUT2D eigenvalue weighted by Crippen LogP contribution is -2.33. The molecule has 1 aromatic rings. The van der Waals surface area contributed by atoms with Crippen LogP contribution >= 0.6 is 0 Å². The lowest BCUT2D eigenvalue weighted by atomic mass is 9.99. The van der Waals surface area contributed by atoms with Gasteiger partial charge in [0.25, 0.3) is 0 Å². The molecular weight excluding hydrogens is 214 g/mol. The molecule has 0 aliphatic heterocycles. The molecule has 0 amide bonds. The molecule has 0 aliphatic rings. The van der Waals surface area contributed by atoms with Crippen molar-refractivity contribution in [2.24, 2.45) is 11.7 Å². The summed E-state index contributed by atoms with van der Waals surface area (Å²) in [4.78, 5) is 11.2. The van der Waals surface area contributed by atoms with Crippen LogP contribution in [0.4, 0.5) is 0 Å². The summed E-state index contributed by atoms with van der Waals surface area (Å²) in [6.45, 7) is 4.39. The number of hydrogen-bond acceptors (Lipinski definition) is 3. The first kappa shape index (κ1) is 13.7. The first-order chi connectivity index (χ1) is 8.02. The number of benzene rings is 1. The molecule has 0 aromatic heterocycles. The summed E-state index contributed by atoms with van der Waals surface area (Å²) < 4.78 is 4.60. The summed E-state index contributed by atoms with van der Waals surface area (Å²) in [5.41, 5.74) is 8.08. The first-order valence-corrected chi connectivity index (χ1v) is 5.94. The van der Waals surface area contributed by atoms with Gasteiger partial charge in [0.15, 0.2) is 0 Å². The predicted molar refractivity (Wildman–Crippen MR) is 68.7 cm³/mol. The van der Waals surface area contributed by atoms with Gasteiger partial charge in [-0.3, -0.25) is 4.79 Å². The quantitative estimate of drug-likeness (QED) is 0.793. The maximum Gasteiger partial charge on any atom is 0.322 e. The van der Waals surface area contributed by atoms with Crippen molar-refractivity contribution in [2.75, 3.05) is 7.11 Å². The number of hydrogen-bond donors (Lipinski definition) is 1. The van der Waals surface area contributed by atoms with Crippen molar-refractivity contribution in [2.45, 2.75) is 32.7 Å². The minimum absolute atomic E-state index is 0.365. The van der Waals surface area contributed by atoms with Gasteiger partial charge < -0.3 is 10.5 Å². The molecule has 0 bridgehead atoms. The Morgan fingerprint density at radius 2 is 1.65 bits per heavy atom. The van der Waals surface area contributed by atoms with Gasteiger partial charge >= 0.3 is 5.97 Å². The van der Waals surface area contributed by atoms with E-state index in [9.17, 15) is 4.79 Å². The van der Waals surface area contributed by atoms with Gasteiger partial charge in [0.1, 0.15) is 6.04 Å². The summed E-state index contributed by atoms with van der Waals surface area (Å²) >= 11 is 0. The maximum absolute atomic E-state index is 11.2. The number of nitrogens with two attached hydrogens (primary N) is 1. The zero-order valence-corrected chi connectivity index (χ0v) is 10.8. The van der Waals surface area contributed by atoms with E-state index in [1.807, 2.05) is 12.1 Å². The van der Waals surface area contributed by atoms with Crippen LogP contribution in [0.15, 0.2) is 24.3 Å². The molecule has 0 saturated heterocycles. The van der Waals surface area contributed by atoms with Crippen LogP contribution in [-0.2, 0) is 22.4 Å². The third-order valence-electron chi connectivity index (χ3n) is 2.63. The highest BCUT2D eigenvalue weighted by molar-refractivity contribution is 5.75. The van der Waals surface area contributed by atoms with Gasteiger partial charge in [-0.05, 0) is 29.9 Å². The van der Waals surface area contributed by atoms with Crippen LogP contribution in [0.1, 0.15) is 25.0 Å². The molecule has 3 nitrogen and oxygen atoms in total. The molecule has 0 unspecified atom stereocenters. The van der Waals surface area contributed by atoms with E-state index in [4.69, 9.17) is 5.73 Å². The molecule has 1 rings (SSSR count). The molecule has 0 spiro atoms. The maximum atomic E-state index is 11.2. The number of methoxy groups -OCH3 is 1. The lowest BCUT2D eigenvalue weighted by Gasteiger charge is -2.10. The Kier molecular flexibility index (Phi) is 5.16. The van der Waals surface area contributed by atoms with Crippen molar-refractivity contribution in [1.82, 2.24) is 0 Å². The van der Waals surface area contributed by atoms with E-state index >= 15 is 0 Å². The molecule has 0 fully saturated rings. The third kappa shape index (κ3) is 4.57. The molecule has 0 saturated carbocycles. The molecule has 0 radical (unpaired) electrons. The Morgan fingerprint density at radius 3 is 2.06 bits per heavy atom. The minimum atomic E-state index is -0.573. The van der Waals surface area contributed by atoms with E-state index in [-0.39, 0.29) is 5.97 Å². The Balaban J connectivity index is 2.59. The van der Waals surface area contributed by atoms with Crippen molar-refractivity contribution in [3.63, 3.8) is 0 Å². The first-order valence-electron chi connectivity index (χ1n) is 5.94. The zero-order chi connectivity index (χ0) is 12.8. The van der Waals surface area contributed by atoms with E-state index in [2.05, 4.69) is 30.7 Å². The standard InChI is InChI=1S/C14H21NO2/c1-10(2)8-11-4-6-12(7-5-11)9-13(15)14(16)17-3/h4-7,10,13H,8-9,15H2,1-3H3/t13-/m0/s1. The number of esters is 1. The SMILES string of the molecule is COC(=O)[C@@H](N)Cc1ccc(CC(C)C)cc1. The summed E-state index contributed by atoms with van der Waals surface area (Å²) in [5, 5.41) is 0. The molecule has 2 N–H and O–H groups in total. The van der Waals surface area contributed by atoms with Crippen LogP contribution in [0.3, 0.4) is 0 Å². The van der Waals surface area contributed by atoms with Crippen LogP contribution in [-0.4, -0.2) is 19.1 Å². The Hall–Kier alpha value is -1.35. The summed E-state index contributed by atoms with van der Waals surface area (Å²) in [6.07, 6.45) is 1.60. The Morgan fingerprint density at radius 1 is 1.18 bits per heavy atom. The fourth-order valence-corrected chi connectivity index (χ4v) is 1.77. The minimum Gasteiger partial charge on any atom is -0.468 e. The predicted octanol–water partition coefficient (Wildman–Crippen LogP) is 1.93. The van der Waals surface area contributed by atoms with E-state index < -0.39 is 6.04 Å². The second-order valence-corrected chi connectivity index (χ2v) is 4.75. The molecular formula is C14H21NO2. The van der Waals surface area contributed by atoms with Crippen molar-refractivity contribution in [3.8, 4) is 0 Å². The molecule has 1 atom stereocenters. The Labute approximate surface area is 103 Å². The summed E-state index contributed by atoms with van der Waals surface area (Å²) in [6, 6.07) is 7.68. The van der Waals surface area contributed by atoms with E-state index in [0.717, 1.165) is 12.0 Å². The second kappa shape index (κ2) is 6.40. The molecule has 17 heavy (non-hydrogen) atoms. The normalized spacial score (nSPS) is 12.5. The fourth-order valence-electron chi connectivity index (χ4n) is 1.77. The highest BCUT2D eigenvalue weighted by Gasteiger charge is 2.13. The third-order valence-corrected chi connectivity index (χ3v) is 2.63. The molecule has 3 heteroatoms. The molecule has 0 aliphatic carbocycles. The lowest BCUT2D eigenvalue weighted by molar-refractivity contribution is -0.142. The summed E-state index contributed by atoms with van der Waals surface area (Å²) in [5.74, 6) is 0.287. The van der Waals surface area contributed by atoms with Gasteiger partial charge in [-0.25, -0.2) is 0 Å². The van der Waals surface area contributed by atoms with Gasteiger partial charge in [-0.1, -0.05) is 38.1 Å². The number of carbonyl (C=O) groups is 1. The number of rotatable bonds is 5. The molecule has 0 heterocycles. The van der Waals surface area contributed by atoms with Crippen molar-refractivity contribution < 1.29 is 9.53 Å². The van der Waals surface area contributed by atoms with Crippen LogP contribution < -0.4 is 5.73 Å². The largest absolute Gasteiger partial charge is 0.468 e. The highest BCUT2D eigenvalue weighted by atomic mass is 16.5. The topological polar surface area (TPSA) is 52.3 Å². The zero-order valence-electron chi connectivity index (χ0n) is 10.8. The molecule has 94 valence electrons. The van der Waals surface area contributed by atoms with Crippen LogP contribution in [0.2, 0.25) is 0 Å². The van der Waals surface area contributed by atoms with E-state index in [1.54, 1.807) is 0 Å². The van der Waals surface area contributed by atoms with Crippen molar-refractivity contribution in [1.29, 1.82) is 0 Å². The Bertz CT molecular complexity index is 357. The van der Waals surface area contributed by atoms with Gasteiger partial charge in [0, 0.05) is 0 Å². The number of carbonyl (C=O) groups excluding carboxylic acids is 1. The smallest absolute Gasteiger partial charge is 0.322 e. The van der Waals surface area contributed by atoms with Gasteiger partial charge in [0.2, 0.25) is 0 Å². The van der Waals surface area contributed by atoms with E-state index in [0.29, 0.717) is 12.3 Å². The van der Waals surface area contributed by atoms with Crippen LogP contribution in [0.5, 0.6) is 0 Å². The average Bonchev–Trinajstić information content (AvgIpc) is 2.30. The van der Waals surface area contributed by atoms with Crippen LogP contribution in [0.25, 0.3) is 0 Å².